The number of hydrogen-bond acceptors (Lipinski definition) is 6. The second-order valence-electron chi connectivity index (χ2n) is 3.01. The molecule has 0 atom stereocenters. The Morgan fingerprint density at radius 3 is 1.00 bits per heavy atom. The van der Waals surface area contributed by atoms with Gasteiger partial charge in [-0.3, -0.25) is 24.0 Å². The molecule has 0 saturated heterocycles. The van der Waals surface area contributed by atoms with E-state index in [0.717, 1.165) is 0 Å². The van der Waals surface area contributed by atoms with Crippen LogP contribution in [-0.4, -0.2) is 61.0 Å². The molecule has 7 heteroatoms. The summed E-state index contributed by atoms with van der Waals surface area (Å²) in [6.07, 6.45) is 1.41. The second kappa shape index (κ2) is 7.38. The summed E-state index contributed by atoms with van der Waals surface area (Å²) in [5.41, 5.74) is -1.13. The van der Waals surface area contributed by atoms with E-state index in [0.29, 0.717) is 12.6 Å². The molecule has 0 spiro atoms. The van der Waals surface area contributed by atoms with Crippen LogP contribution in [0.5, 0.6) is 0 Å². The van der Waals surface area contributed by atoms with Crippen molar-refractivity contribution in [2.75, 3.05) is 0 Å². The van der Waals surface area contributed by atoms with E-state index in [1.165, 1.54) is 0 Å². The maximum atomic E-state index is 10.8. The summed E-state index contributed by atoms with van der Waals surface area (Å²) in [6.45, 7) is 0. The number of aldehydes is 5. The fourth-order valence-electron chi connectivity index (χ4n) is 1.45. The molecule has 88 valence electrons. The molecule has 0 aliphatic heterocycles. The topological polar surface area (TPSA) is 85.3 Å². The molecule has 0 aliphatic rings. The summed E-state index contributed by atoms with van der Waals surface area (Å²) in [6, 6.07) is 0. The van der Waals surface area contributed by atoms with Gasteiger partial charge in [0.15, 0.2) is 31.4 Å². The third-order valence-electron chi connectivity index (χ3n) is 2.26. The Labute approximate surface area is 130 Å². The quantitative estimate of drug-likeness (QED) is 0.477. The molecule has 0 aromatic heterocycles. The van der Waals surface area contributed by atoms with Gasteiger partial charge in [0.1, 0.15) is 0 Å². The van der Waals surface area contributed by atoms with Gasteiger partial charge < -0.3 is 0 Å². The average Bonchev–Trinajstić information content (AvgIpc) is 2.36. The molecule has 0 bridgehead atoms. The normalized spacial score (nSPS) is 8.94. The molecule has 0 fully saturated rings. The van der Waals surface area contributed by atoms with E-state index in [1.54, 1.807) is 0 Å². The Hall–Kier alpha value is -1.08. The van der Waals surface area contributed by atoms with E-state index in [9.17, 15) is 24.0 Å². The average molecular weight is 274 g/mol. The SMILES string of the molecule is O=Cc1c(S)c(C=O)c(C=O)c(C=O)c1C=O.[NaH]. The zero-order chi connectivity index (χ0) is 13.0. The van der Waals surface area contributed by atoms with Crippen LogP contribution >= 0.6 is 12.6 Å². The van der Waals surface area contributed by atoms with Crippen LogP contribution in [-0.2, 0) is 0 Å². The van der Waals surface area contributed by atoms with Crippen molar-refractivity contribution in [2.45, 2.75) is 4.90 Å². The van der Waals surface area contributed by atoms with Crippen molar-refractivity contribution in [3.63, 3.8) is 0 Å². The molecule has 0 heterocycles. The van der Waals surface area contributed by atoms with Crippen LogP contribution in [0.4, 0.5) is 0 Å². The van der Waals surface area contributed by atoms with Crippen LogP contribution < -0.4 is 0 Å². The summed E-state index contributed by atoms with van der Waals surface area (Å²) < 4.78 is 0. The third-order valence-corrected chi connectivity index (χ3v) is 2.74. The van der Waals surface area contributed by atoms with Crippen molar-refractivity contribution >= 4 is 73.6 Å². The zero-order valence-corrected chi connectivity index (χ0v) is 9.27. The van der Waals surface area contributed by atoms with Gasteiger partial charge in [0.25, 0.3) is 0 Å². The van der Waals surface area contributed by atoms with Crippen LogP contribution in [0, 0.1) is 0 Å². The summed E-state index contributed by atoms with van der Waals surface area (Å²) >= 11 is 3.91. The van der Waals surface area contributed by atoms with Gasteiger partial charge in [-0.15, -0.1) is 12.6 Å². The Kier molecular flexibility index (Phi) is 6.93. The fraction of sp³-hybridized carbons (Fsp3) is 0. The van der Waals surface area contributed by atoms with Crippen molar-refractivity contribution in [2.24, 2.45) is 0 Å². The predicted molar refractivity (Wildman–Crippen MR) is 67.8 cm³/mol. The van der Waals surface area contributed by atoms with E-state index < -0.39 is 0 Å². The van der Waals surface area contributed by atoms with Gasteiger partial charge in [-0.25, -0.2) is 0 Å². The molecule has 0 amide bonds. The number of benzene rings is 1. The van der Waals surface area contributed by atoms with Gasteiger partial charge in [-0.1, -0.05) is 0 Å². The van der Waals surface area contributed by atoms with Gasteiger partial charge in [-0.2, -0.15) is 0 Å². The molecule has 1 aromatic carbocycles. The molecule has 0 saturated carbocycles. The first-order valence-corrected chi connectivity index (χ1v) is 4.79. The van der Waals surface area contributed by atoms with Crippen molar-refractivity contribution in [3.8, 4) is 0 Å². The first kappa shape index (κ1) is 16.9. The van der Waals surface area contributed by atoms with E-state index in [1.807, 2.05) is 0 Å². The summed E-state index contributed by atoms with van der Waals surface area (Å²) in [7, 11) is 0. The van der Waals surface area contributed by atoms with Crippen LogP contribution in [0.3, 0.4) is 0 Å². The summed E-state index contributed by atoms with van der Waals surface area (Å²) in [5.74, 6) is 0. The molecule has 1 aromatic rings. The number of carbonyl (C=O) groups is 5. The first-order valence-electron chi connectivity index (χ1n) is 4.35. The van der Waals surface area contributed by atoms with Gasteiger partial charge >= 0.3 is 29.6 Å². The van der Waals surface area contributed by atoms with Crippen LogP contribution in [0.2, 0.25) is 0 Å². The number of rotatable bonds is 5. The van der Waals surface area contributed by atoms with Crippen molar-refractivity contribution in [1.29, 1.82) is 0 Å². The second-order valence-corrected chi connectivity index (χ2v) is 3.45. The van der Waals surface area contributed by atoms with E-state index in [2.05, 4.69) is 12.6 Å². The standard InChI is InChI=1S/C11H6O5S.Na.H/c12-1-6-7(2-13)9(4-15)11(17)10(5-16)8(6)3-14;;/h1-5,17H;;. The third kappa shape index (κ3) is 2.67. The number of thiol groups is 1. The Morgan fingerprint density at radius 2 is 0.778 bits per heavy atom. The fourth-order valence-corrected chi connectivity index (χ4v) is 1.80. The molecule has 0 N–H and O–H groups in total. The molecule has 1 rings (SSSR count). The Morgan fingerprint density at radius 1 is 0.556 bits per heavy atom. The molecule has 5 nitrogen and oxygen atoms in total. The minimum absolute atomic E-state index is 0. The first-order chi connectivity index (χ1) is 8.15. The van der Waals surface area contributed by atoms with Crippen molar-refractivity contribution in [1.82, 2.24) is 0 Å². The Balaban J connectivity index is 0.00000289. The van der Waals surface area contributed by atoms with Crippen LogP contribution in [0.1, 0.15) is 51.8 Å². The van der Waals surface area contributed by atoms with E-state index >= 15 is 0 Å². The summed E-state index contributed by atoms with van der Waals surface area (Å²) in [5, 5.41) is 0. The summed E-state index contributed by atoms with van der Waals surface area (Å²) in [4.78, 5) is 54.0. The molecule has 0 unspecified atom stereocenters. The van der Waals surface area contributed by atoms with Crippen molar-refractivity contribution in [3.05, 3.63) is 27.8 Å². The zero-order valence-electron chi connectivity index (χ0n) is 8.38. The van der Waals surface area contributed by atoms with Gasteiger partial charge in [-0.05, 0) is 0 Å². The molecule has 0 aliphatic carbocycles. The predicted octanol–water partition coefficient (Wildman–Crippen LogP) is 0.389. The molecule has 0 radical (unpaired) electrons. The van der Waals surface area contributed by atoms with E-state index in [-0.39, 0.29) is 81.1 Å². The molecular weight excluding hydrogens is 267 g/mol. The monoisotopic (exact) mass is 274 g/mol. The number of carbonyl (C=O) groups excluding carboxylic acids is 5. The van der Waals surface area contributed by atoms with Crippen LogP contribution in [0.15, 0.2) is 4.90 Å². The van der Waals surface area contributed by atoms with Gasteiger partial charge in [0, 0.05) is 32.7 Å². The van der Waals surface area contributed by atoms with Gasteiger partial charge in [0.05, 0.1) is 0 Å². The molecule has 18 heavy (non-hydrogen) atoms. The number of hydrogen-bond donors (Lipinski definition) is 1. The van der Waals surface area contributed by atoms with E-state index in [4.69, 9.17) is 0 Å². The molecular formula is C11H7NaO5S. The Bertz CT molecular complexity index is 498. The maximum absolute atomic E-state index is 10.8. The van der Waals surface area contributed by atoms with Gasteiger partial charge in [0.2, 0.25) is 0 Å². The van der Waals surface area contributed by atoms with Crippen molar-refractivity contribution < 1.29 is 24.0 Å². The van der Waals surface area contributed by atoms with Crippen LogP contribution in [0.25, 0.3) is 0 Å². The minimum atomic E-state index is -0.281.